The van der Waals surface area contributed by atoms with Crippen LogP contribution in [0.3, 0.4) is 0 Å². The molecule has 0 saturated carbocycles. The first-order chi connectivity index (χ1) is 13.9. The van der Waals surface area contributed by atoms with Crippen LogP contribution in [-0.2, 0) is 19.1 Å². The van der Waals surface area contributed by atoms with E-state index in [1.54, 1.807) is 36.4 Å². The summed E-state index contributed by atoms with van der Waals surface area (Å²) in [6, 6.07) is 15.3. The van der Waals surface area contributed by atoms with Crippen molar-refractivity contribution in [2.45, 2.75) is 12.5 Å². The average Bonchev–Trinajstić information content (AvgIpc) is 2.94. The number of carbonyl (C=O) groups excluding carboxylic acids is 3. The van der Waals surface area contributed by atoms with E-state index >= 15 is 0 Å². The maximum Gasteiger partial charge on any atom is 0.325 e. The van der Waals surface area contributed by atoms with E-state index in [0.29, 0.717) is 11.4 Å². The number of ether oxygens (including phenoxy) is 1. The van der Waals surface area contributed by atoms with Crippen molar-refractivity contribution < 1.29 is 19.1 Å². The second-order valence-corrected chi connectivity index (χ2v) is 7.88. The summed E-state index contributed by atoms with van der Waals surface area (Å²) in [5, 5.41) is 2.94. The first-order valence-electron chi connectivity index (χ1n) is 8.72. The fourth-order valence-corrected chi connectivity index (χ4v) is 3.70. The van der Waals surface area contributed by atoms with Crippen molar-refractivity contribution in [2.75, 3.05) is 23.9 Å². The minimum atomic E-state index is -0.898. The highest BCUT2D eigenvalue weighted by atomic mass is 127. The Labute approximate surface area is 187 Å². The molecule has 0 aliphatic carbocycles. The maximum atomic E-state index is 13.1. The lowest BCUT2D eigenvalue weighted by atomic mass is 10.1. The molecular weight excluding hydrogens is 505 g/mol. The molecule has 2 aromatic rings. The highest BCUT2D eigenvalue weighted by molar-refractivity contribution is 14.1. The quantitative estimate of drug-likeness (QED) is 0.357. The molecule has 7 nitrogen and oxygen atoms in total. The molecule has 0 radical (unpaired) electrons. The van der Waals surface area contributed by atoms with E-state index in [0.717, 1.165) is 3.57 Å². The highest BCUT2D eigenvalue weighted by Gasteiger charge is 2.44. The van der Waals surface area contributed by atoms with E-state index in [-0.39, 0.29) is 29.9 Å². The topological polar surface area (TPSA) is 79.0 Å². The fourth-order valence-electron chi connectivity index (χ4n) is 2.95. The molecule has 2 aromatic carbocycles. The predicted molar refractivity (Wildman–Crippen MR) is 121 cm³/mol. The van der Waals surface area contributed by atoms with Crippen LogP contribution in [0.1, 0.15) is 6.42 Å². The van der Waals surface area contributed by atoms with E-state index in [4.69, 9.17) is 17.0 Å². The van der Waals surface area contributed by atoms with Crippen LogP contribution in [0.15, 0.2) is 54.6 Å². The summed E-state index contributed by atoms with van der Waals surface area (Å²) < 4.78 is 5.77. The number of hydrogen-bond donors (Lipinski definition) is 1. The zero-order chi connectivity index (χ0) is 21.0. The Morgan fingerprint density at radius 2 is 1.79 bits per heavy atom. The molecule has 0 spiro atoms. The van der Waals surface area contributed by atoms with Crippen molar-refractivity contribution >= 4 is 69.1 Å². The van der Waals surface area contributed by atoms with Crippen LogP contribution in [0.25, 0.3) is 0 Å². The molecule has 1 aliphatic rings. The molecule has 150 valence electrons. The number of hydrogen-bond acceptors (Lipinski definition) is 5. The molecule has 1 aliphatic heterocycles. The zero-order valence-electron chi connectivity index (χ0n) is 15.5. The summed E-state index contributed by atoms with van der Waals surface area (Å²) in [6.07, 6.45) is -0.148. The van der Waals surface area contributed by atoms with Gasteiger partial charge in [0.05, 0.1) is 19.2 Å². The number of thiocarbonyl (C=S) groups is 1. The number of benzene rings is 2. The van der Waals surface area contributed by atoms with E-state index in [1.165, 1.54) is 16.9 Å². The molecule has 1 heterocycles. The number of methoxy groups -OCH3 is 1. The van der Waals surface area contributed by atoms with Crippen LogP contribution in [-0.4, -0.2) is 47.5 Å². The van der Waals surface area contributed by atoms with Gasteiger partial charge in [0.25, 0.3) is 5.91 Å². The molecule has 1 N–H and O–H groups in total. The van der Waals surface area contributed by atoms with Gasteiger partial charge < -0.3 is 15.0 Å². The Morgan fingerprint density at radius 1 is 1.14 bits per heavy atom. The normalized spacial score (nSPS) is 16.1. The van der Waals surface area contributed by atoms with Crippen molar-refractivity contribution in [2.24, 2.45) is 0 Å². The number of rotatable bonds is 6. The average molecular weight is 523 g/mol. The number of nitrogens with zero attached hydrogens (tertiary/aromatic N) is 2. The number of nitrogens with one attached hydrogen (secondary N) is 1. The Morgan fingerprint density at radius 3 is 2.41 bits per heavy atom. The van der Waals surface area contributed by atoms with Gasteiger partial charge in [-0.1, -0.05) is 18.2 Å². The lowest BCUT2D eigenvalue weighted by Crippen LogP contribution is -2.41. The van der Waals surface area contributed by atoms with Gasteiger partial charge in [0, 0.05) is 9.26 Å². The Bertz CT molecular complexity index is 937. The number of anilines is 2. The van der Waals surface area contributed by atoms with Gasteiger partial charge >= 0.3 is 5.97 Å². The predicted octanol–water partition coefficient (Wildman–Crippen LogP) is 2.80. The van der Waals surface area contributed by atoms with Crippen molar-refractivity contribution in [1.82, 2.24) is 4.90 Å². The van der Waals surface area contributed by atoms with Gasteiger partial charge in [-0.25, -0.2) is 0 Å². The van der Waals surface area contributed by atoms with Crippen LogP contribution in [0.4, 0.5) is 11.4 Å². The number of amides is 2. The zero-order valence-corrected chi connectivity index (χ0v) is 18.5. The molecule has 1 fully saturated rings. The van der Waals surface area contributed by atoms with Crippen LogP contribution in [0.2, 0.25) is 0 Å². The standard InChI is InChI=1S/C20H18IN3O4S/c1-28-18(26)12-23-16(11-17(25)22-14-9-7-13(21)8-10-14)19(27)24(20(23)29)15-5-3-2-4-6-15/h2-10,16H,11-12H2,1H3,(H,22,25). The lowest BCUT2D eigenvalue weighted by Gasteiger charge is -2.22. The second-order valence-electron chi connectivity index (χ2n) is 6.27. The molecule has 9 heteroatoms. The Hall–Kier alpha value is -2.53. The largest absolute Gasteiger partial charge is 0.468 e. The molecule has 29 heavy (non-hydrogen) atoms. The van der Waals surface area contributed by atoms with E-state index < -0.39 is 12.0 Å². The van der Waals surface area contributed by atoms with Gasteiger partial charge in [0.2, 0.25) is 5.91 Å². The van der Waals surface area contributed by atoms with Crippen LogP contribution in [0, 0.1) is 3.57 Å². The monoisotopic (exact) mass is 523 g/mol. The molecule has 2 amide bonds. The molecule has 1 saturated heterocycles. The number of esters is 1. The van der Waals surface area contributed by atoms with E-state index in [2.05, 4.69) is 27.9 Å². The lowest BCUT2D eigenvalue weighted by molar-refractivity contribution is -0.141. The van der Waals surface area contributed by atoms with E-state index in [1.807, 2.05) is 18.2 Å². The third kappa shape index (κ3) is 4.91. The van der Waals surface area contributed by atoms with Crippen molar-refractivity contribution in [3.63, 3.8) is 0 Å². The summed E-state index contributed by atoms with van der Waals surface area (Å²) in [5.74, 6) is -1.25. The van der Waals surface area contributed by atoms with E-state index in [9.17, 15) is 14.4 Å². The minimum Gasteiger partial charge on any atom is -0.468 e. The summed E-state index contributed by atoms with van der Waals surface area (Å²) in [6.45, 7) is -0.216. The minimum absolute atomic E-state index is 0.148. The summed E-state index contributed by atoms with van der Waals surface area (Å²) in [4.78, 5) is 40.3. The van der Waals surface area contributed by atoms with Gasteiger partial charge in [0.1, 0.15) is 12.6 Å². The molecule has 1 unspecified atom stereocenters. The van der Waals surface area contributed by atoms with Crippen LogP contribution < -0.4 is 10.2 Å². The molecular formula is C20H18IN3O4S. The number of halogens is 1. The maximum absolute atomic E-state index is 13.1. The Kier molecular flexibility index (Phi) is 6.80. The summed E-state index contributed by atoms with van der Waals surface area (Å²) in [7, 11) is 1.26. The third-order valence-electron chi connectivity index (χ3n) is 4.37. The van der Waals surface area contributed by atoms with Crippen LogP contribution in [0.5, 0.6) is 0 Å². The number of para-hydroxylation sites is 1. The molecule has 0 aromatic heterocycles. The van der Waals surface area contributed by atoms with Gasteiger partial charge in [-0.05, 0) is 71.2 Å². The van der Waals surface area contributed by atoms with Crippen molar-refractivity contribution in [1.29, 1.82) is 0 Å². The highest BCUT2D eigenvalue weighted by Crippen LogP contribution is 2.27. The number of carbonyl (C=O) groups is 3. The van der Waals surface area contributed by atoms with Gasteiger partial charge in [-0.3, -0.25) is 19.3 Å². The van der Waals surface area contributed by atoms with Gasteiger partial charge in [-0.15, -0.1) is 0 Å². The van der Waals surface area contributed by atoms with Crippen LogP contribution >= 0.6 is 34.8 Å². The van der Waals surface area contributed by atoms with Gasteiger partial charge in [-0.2, -0.15) is 0 Å². The summed E-state index contributed by atoms with van der Waals surface area (Å²) in [5.41, 5.74) is 1.21. The van der Waals surface area contributed by atoms with Crippen molar-refractivity contribution in [3.8, 4) is 0 Å². The Balaban J connectivity index is 1.81. The first kappa shape index (κ1) is 21.2. The molecule has 0 bridgehead atoms. The first-order valence-corrected chi connectivity index (χ1v) is 10.2. The molecule has 3 rings (SSSR count). The van der Waals surface area contributed by atoms with Gasteiger partial charge in [0.15, 0.2) is 5.11 Å². The summed E-state index contributed by atoms with van der Waals surface area (Å²) >= 11 is 7.62. The molecule has 1 atom stereocenters. The third-order valence-corrected chi connectivity index (χ3v) is 5.50. The SMILES string of the molecule is COC(=O)CN1C(=S)N(c2ccccc2)C(=O)C1CC(=O)Nc1ccc(I)cc1. The van der Waals surface area contributed by atoms with Crippen molar-refractivity contribution in [3.05, 3.63) is 58.2 Å². The second kappa shape index (κ2) is 9.31. The fraction of sp³-hybridized carbons (Fsp3) is 0.200. The smallest absolute Gasteiger partial charge is 0.325 e.